The van der Waals surface area contributed by atoms with E-state index in [-0.39, 0.29) is 24.7 Å². The molecule has 2 unspecified atom stereocenters. The molecule has 7 nitrogen and oxygen atoms in total. The third-order valence-electron chi connectivity index (χ3n) is 9.08. The summed E-state index contributed by atoms with van der Waals surface area (Å²) in [6, 6.07) is 21.0. The fraction of sp³-hybridized carbons (Fsp3) is 0.343. The number of methoxy groups -OCH3 is 2. The number of ether oxygens (including phenoxy) is 5. The summed E-state index contributed by atoms with van der Waals surface area (Å²) in [5.41, 5.74) is 6.98. The van der Waals surface area contributed by atoms with E-state index in [0.29, 0.717) is 12.2 Å². The molecule has 0 spiro atoms. The molecule has 0 aliphatic carbocycles. The van der Waals surface area contributed by atoms with Gasteiger partial charge in [0.2, 0.25) is 6.79 Å². The van der Waals surface area contributed by atoms with Crippen molar-refractivity contribution in [2.24, 2.45) is 0 Å². The van der Waals surface area contributed by atoms with Gasteiger partial charge in [0.1, 0.15) is 0 Å². The van der Waals surface area contributed by atoms with E-state index in [9.17, 15) is 4.79 Å². The first-order valence-corrected chi connectivity index (χ1v) is 14.7. The Balaban J connectivity index is 1.31. The van der Waals surface area contributed by atoms with Crippen LogP contribution in [-0.4, -0.2) is 45.0 Å². The average Bonchev–Trinajstić information content (AvgIpc) is 3.48. The van der Waals surface area contributed by atoms with Crippen LogP contribution in [0.4, 0.5) is 0 Å². The lowest BCUT2D eigenvalue weighted by molar-refractivity contribution is 0.0528. The first-order valence-electron chi connectivity index (χ1n) is 14.7. The van der Waals surface area contributed by atoms with Crippen molar-refractivity contribution in [3.63, 3.8) is 0 Å². The summed E-state index contributed by atoms with van der Waals surface area (Å²) < 4.78 is 28.5. The summed E-state index contributed by atoms with van der Waals surface area (Å²) >= 11 is 0. The highest BCUT2D eigenvalue weighted by molar-refractivity contribution is 6.05. The van der Waals surface area contributed by atoms with Gasteiger partial charge in [0.05, 0.1) is 26.4 Å². The molecular weight excluding hydrogens is 530 g/mol. The molecule has 2 atom stereocenters. The fourth-order valence-corrected chi connectivity index (χ4v) is 7.22. The van der Waals surface area contributed by atoms with Crippen molar-refractivity contribution >= 4 is 16.7 Å². The van der Waals surface area contributed by atoms with Crippen LogP contribution >= 0.6 is 0 Å². The van der Waals surface area contributed by atoms with Crippen molar-refractivity contribution < 1.29 is 28.5 Å². The molecule has 0 saturated heterocycles. The van der Waals surface area contributed by atoms with Crippen molar-refractivity contribution in [3.05, 3.63) is 94.0 Å². The molecule has 4 aromatic carbocycles. The molecule has 3 heterocycles. The number of hydrogen-bond donors (Lipinski definition) is 0. The van der Waals surface area contributed by atoms with Crippen molar-refractivity contribution in [2.45, 2.75) is 44.7 Å². The quantitative estimate of drug-likeness (QED) is 0.234. The van der Waals surface area contributed by atoms with E-state index in [1.54, 1.807) is 14.2 Å². The molecule has 0 radical (unpaired) electrons. The maximum atomic E-state index is 12.7. The Morgan fingerprint density at radius 2 is 1.76 bits per heavy atom. The lowest BCUT2D eigenvalue weighted by atomic mass is 9.73. The molecule has 0 bridgehead atoms. The van der Waals surface area contributed by atoms with Crippen LogP contribution in [-0.2, 0) is 24.1 Å². The Labute approximate surface area is 245 Å². The zero-order valence-corrected chi connectivity index (χ0v) is 24.3. The molecule has 216 valence electrons. The van der Waals surface area contributed by atoms with Gasteiger partial charge < -0.3 is 23.7 Å². The third kappa shape index (κ3) is 4.34. The predicted molar refractivity (Wildman–Crippen MR) is 160 cm³/mol. The molecular formula is C35H35NO6. The third-order valence-corrected chi connectivity index (χ3v) is 9.08. The highest BCUT2D eigenvalue weighted by Crippen LogP contribution is 2.53. The number of carbonyl (C=O) groups is 1. The van der Waals surface area contributed by atoms with Crippen molar-refractivity contribution in [2.75, 3.05) is 34.2 Å². The molecule has 0 aromatic heterocycles. The van der Waals surface area contributed by atoms with Crippen LogP contribution in [0.25, 0.3) is 10.8 Å². The summed E-state index contributed by atoms with van der Waals surface area (Å²) in [7, 11) is 3.42. The normalized spacial score (nSPS) is 18.6. The second kappa shape index (κ2) is 10.9. The molecule has 4 aromatic rings. The van der Waals surface area contributed by atoms with Gasteiger partial charge in [-0.1, -0.05) is 36.4 Å². The molecule has 42 heavy (non-hydrogen) atoms. The van der Waals surface area contributed by atoms with Gasteiger partial charge in [-0.2, -0.15) is 0 Å². The number of esters is 1. The van der Waals surface area contributed by atoms with E-state index in [1.807, 2.05) is 37.3 Å². The first-order chi connectivity index (χ1) is 20.6. The SMILES string of the molecule is CCOC(=O)c1ccc(CCC2c3ccc(OC)c(OC)c3CN3CCc4cc5c(cc4C23)OCO5)c2ccccc12. The zero-order chi connectivity index (χ0) is 28.8. The molecule has 0 N–H and O–H groups in total. The molecule has 0 amide bonds. The smallest absolute Gasteiger partial charge is 0.338 e. The Hall–Kier alpha value is -4.23. The summed E-state index contributed by atoms with van der Waals surface area (Å²) in [5, 5.41) is 2.02. The molecule has 0 saturated carbocycles. The highest BCUT2D eigenvalue weighted by atomic mass is 16.7. The maximum absolute atomic E-state index is 12.7. The number of nitrogens with zero attached hydrogens (tertiary/aromatic N) is 1. The summed E-state index contributed by atoms with van der Waals surface area (Å²) in [4.78, 5) is 15.3. The standard InChI is InChI=1S/C35H35NO6/c1-4-40-35(37)27-12-10-21(23-7-5-6-8-24(23)27)9-11-26-25-13-14-30(38-2)34(39-3)29(25)19-36-16-15-22-17-31-32(42-20-41-31)18-28(22)33(26)36/h5-8,10,12-14,17-18,26,33H,4,9,11,15-16,19-20H2,1-3H3. The number of carbonyl (C=O) groups excluding carboxylic acids is 1. The van der Waals surface area contributed by atoms with Crippen molar-refractivity contribution in [1.29, 1.82) is 0 Å². The summed E-state index contributed by atoms with van der Waals surface area (Å²) in [6.45, 7) is 4.20. The van der Waals surface area contributed by atoms with Crippen LogP contribution in [0.15, 0.2) is 60.7 Å². The van der Waals surface area contributed by atoms with Gasteiger partial charge in [-0.25, -0.2) is 4.79 Å². The maximum Gasteiger partial charge on any atom is 0.338 e. The minimum absolute atomic E-state index is 0.193. The van der Waals surface area contributed by atoms with E-state index in [1.165, 1.54) is 27.8 Å². The van der Waals surface area contributed by atoms with Gasteiger partial charge in [-0.3, -0.25) is 4.90 Å². The fourth-order valence-electron chi connectivity index (χ4n) is 7.22. The van der Waals surface area contributed by atoms with Gasteiger partial charge in [0.15, 0.2) is 23.0 Å². The lowest BCUT2D eigenvalue weighted by Gasteiger charge is -2.46. The van der Waals surface area contributed by atoms with Gasteiger partial charge in [-0.15, -0.1) is 0 Å². The molecule has 3 aliphatic rings. The average molecular weight is 566 g/mol. The molecule has 3 aliphatic heterocycles. The van der Waals surface area contributed by atoms with E-state index in [2.05, 4.69) is 35.2 Å². The number of aryl methyl sites for hydroxylation is 1. The van der Waals surface area contributed by atoms with Crippen LogP contribution in [0.1, 0.15) is 63.5 Å². The Morgan fingerprint density at radius 3 is 2.55 bits per heavy atom. The molecule has 7 heteroatoms. The Morgan fingerprint density at radius 1 is 0.952 bits per heavy atom. The summed E-state index contributed by atoms with van der Waals surface area (Å²) in [5.74, 6) is 3.17. The lowest BCUT2D eigenvalue weighted by Crippen LogP contribution is -2.42. The number of rotatable bonds is 7. The minimum Gasteiger partial charge on any atom is -0.493 e. The van der Waals surface area contributed by atoms with Crippen molar-refractivity contribution in [1.82, 2.24) is 4.90 Å². The summed E-state index contributed by atoms with van der Waals surface area (Å²) in [6.07, 6.45) is 2.73. The minimum atomic E-state index is -0.282. The van der Waals surface area contributed by atoms with Gasteiger partial charge >= 0.3 is 5.97 Å². The van der Waals surface area contributed by atoms with Crippen LogP contribution in [0.3, 0.4) is 0 Å². The number of benzene rings is 4. The van der Waals surface area contributed by atoms with Crippen LogP contribution in [0.2, 0.25) is 0 Å². The van der Waals surface area contributed by atoms with Crippen LogP contribution in [0, 0.1) is 0 Å². The second-order valence-corrected chi connectivity index (χ2v) is 11.1. The Kier molecular flexibility index (Phi) is 6.90. The highest BCUT2D eigenvalue weighted by Gasteiger charge is 2.41. The van der Waals surface area contributed by atoms with Crippen LogP contribution in [0.5, 0.6) is 23.0 Å². The van der Waals surface area contributed by atoms with E-state index < -0.39 is 0 Å². The monoisotopic (exact) mass is 565 g/mol. The van der Waals surface area contributed by atoms with Gasteiger partial charge in [0, 0.05) is 30.6 Å². The largest absolute Gasteiger partial charge is 0.493 e. The number of hydrogen-bond acceptors (Lipinski definition) is 7. The van der Waals surface area contributed by atoms with E-state index in [0.717, 1.165) is 66.1 Å². The van der Waals surface area contributed by atoms with Crippen molar-refractivity contribution in [3.8, 4) is 23.0 Å². The van der Waals surface area contributed by atoms with Gasteiger partial charge in [-0.05, 0) is 83.5 Å². The molecule has 0 fully saturated rings. The number of fused-ring (bicyclic) bond motifs is 6. The Bertz CT molecular complexity index is 1680. The predicted octanol–water partition coefficient (Wildman–Crippen LogP) is 6.59. The molecule has 7 rings (SSSR count). The van der Waals surface area contributed by atoms with Crippen LogP contribution < -0.4 is 18.9 Å². The van der Waals surface area contributed by atoms with Gasteiger partial charge in [0.25, 0.3) is 0 Å². The zero-order valence-electron chi connectivity index (χ0n) is 24.3. The first kappa shape index (κ1) is 26.7. The van der Waals surface area contributed by atoms with E-state index in [4.69, 9.17) is 23.7 Å². The second-order valence-electron chi connectivity index (χ2n) is 11.1. The van der Waals surface area contributed by atoms with E-state index >= 15 is 0 Å². The topological polar surface area (TPSA) is 66.5 Å².